The molecule has 15 heavy (non-hydrogen) atoms. The highest BCUT2D eigenvalue weighted by Gasteiger charge is 2.22. The van der Waals surface area contributed by atoms with Crippen LogP contribution in [0.1, 0.15) is 18.9 Å². The predicted molar refractivity (Wildman–Crippen MR) is 68.3 cm³/mol. The van der Waals surface area contributed by atoms with Gasteiger partial charge in [-0.25, -0.2) is 0 Å². The van der Waals surface area contributed by atoms with E-state index in [2.05, 4.69) is 54.8 Å². The van der Waals surface area contributed by atoms with Gasteiger partial charge in [0.2, 0.25) is 0 Å². The molecule has 1 aromatic rings. The van der Waals surface area contributed by atoms with Crippen LogP contribution in [-0.2, 0) is 6.54 Å². The molecule has 2 rings (SSSR count). The van der Waals surface area contributed by atoms with Gasteiger partial charge in [-0.1, -0.05) is 37.3 Å². The number of thiol groups is 1. The molecular weight excluding hydrogens is 202 g/mol. The van der Waals surface area contributed by atoms with Crippen LogP contribution in [0.3, 0.4) is 0 Å². The van der Waals surface area contributed by atoms with Gasteiger partial charge < -0.3 is 0 Å². The van der Waals surface area contributed by atoms with E-state index >= 15 is 0 Å². The average molecular weight is 221 g/mol. The maximum atomic E-state index is 4.60. The van der Waals surface area contributed by atoms with E-state index in [1.807, 2.05) is 0 Å². The van der Waals surface area contributed by atoms with Crippen molar-refractivity contribution in [2.75, 3.05) is 13.1 Å². The minimum absolute atomic E-state index is 0.594. The Labute approximate surface area is 97.9 Å². The van der Waals surface area contributed by atoms with Crippen molar-refractivity contribution in [3.05, 3.63) is 35.9 Å². The maximum Gasteiger partial charge on any atom is 0.0233 e. The second-order valence-corrected chi connectivity index (χ2v) is 5.22. The molecule has 0 unspecified atom stereocenters. The van der Waals surface area contributed by atoms with E-state index in [0.717, 1.165) is 6.54 Å². The third kappa shape index (κ3) is 2.99. The van der Waals surface area contributed by atoms with Crippen molar-refractivity contribution in [2.45, 2.75) is 25.1 Å². The van der Waals surface area contributed by atoms with Gasteiger partial charge in [-0.2, -0.15) is 12.6 Å². The minimum atomic E-state index is 0.594. The van der Waals surface area contributed by atoms with Crippen LogP contribution in [0.4, 0.5) is 0 Å². The first-order chi connectivity index (χ1) is 7.25. The molecule has 0 aliphatic carbocycles. The lowest BCUT2D eigenvalue weighted by atomic mass is 9.99. The van der Waals surface area contributed by atoms with Crippen molar-refractivity contribution < 1.29 is 0 Å². The molecular formula is C13H19NS. The molecule has 1 aromatic carbocycles. The third-order valence-corrected chi connectivity index (χ3v) is 3.96. The van der Waals surface area contributed by atoms with Crippen molar-refractivity contribution in [1.82, 2.24) is 4.90 Å². The van der Waals surface area contributed by atoms with Crippen LogP contribution in [0.2, 0.25) is 0 Å². The first kappa shape index (κ1) is 11.0. The Morgan fingerprint density at radius 2 is 2.07 bits per heavy atom. The van der Waals surface area contributed by atoms with Crippen LogP contribution < -0.4 is 0 Å². The van der Waals surface area contributed by atoms with Crippen molar-refractivity contribution in [3.63, 3.8) is 0 Å². The number of hydrogen-bond acceptors (Lipinski definition) is 2. The molecule has 0 bridgehead atoms. The van der Waals surface area contributed by atoms with Gasteiger partial charge in [0.05, 0.1) is 0 Å². The van der Waals surface area contributed by atoms with Gasteiger partial charge in [0.1, 0.15) is 0 Å². The van der Waals surface area contributed by atoms with Crippen LogP contribution in [0.25, 0.3) is 0 Å². The van der Waals surface area contributed by atoms with Crippen molar-refractivity contribution in [1.29, 1.82) is 0 Å². The number of likely N-dealkylation sites (tertiary alicyclic amines) is 1. The zero-order valence-corrected chi connectivity index (χ0v) is 10.2. The van der Waals surface area contributed by atoms with E-state index in [4.69, 9.17) is 0 Å². The van der Waals surface area contributed by atoms with E-state index in [1.54, 1.807) is 0 Å². The Morgan fingerprint density at radius 1 is 1.33 bits per heavy atom. The Hall–Kier alpha value is -0.470. The van der Waals surface area contributed by atoms with E-state index < -0.39 is 0 Å². The molecule has 1 aliphatic rings. The van der Waals surface area contributed by atoms with E-state index in [1.165, 1.54) is 25.1 Å². The lowest BCUT2D eigenvalue weighted by Gasteiger charge is -2.34. The molecule has 1 nitrogen and oxygen atoms in total. The molecule has 0 radical (unpaired) electrons. The topological polar surface area (TPSA) is 3.24 Å². The summed E-state index contributed by atoms with van der Waals surface area (Å²) in [5.41, 5.74) is 1.42. The standard InChI is InChI=1S/C13H19NS/c1-11-9-14(8-7-13(11)15)10-12-5-3-2-4-6-12/h2-6,11,13,15H,7-10H2,1H3/t11-,13-/m0/s1. The molecule has 1 aliphatic heterocycles. The molecule has 82 valence electrons. The lowest BCUT2D eigenvalue weighted by Crippen LogP contribution is -2.39. The highest BCUT2D eigenvalue weighted by Crippen LogP contribution is 2.22. The summed E-state index contributed by atoms with van der Waals surface area (Å²) in [4.78, 5) is 2.53. The van der Waals surface area contributed by atoms with Gasteiger partial charge in [0.25, 0.3) is 0 Å². The summed E-state index contributed by atoms with van der Waals surface area (Å²) in [6, 6.07) is 10.7. The molecule has 0 spiro atoms. The van der Waals surface area contributed by atoms with Gasteiger partial charge in [-0.3, -0.25) is 4.90 Å². The summed E-state index contributed by atoms with van der Waals surface area (Å²) < 4.78 is 0. The number of benzene rings is 1. The van der Waals surface area contributed by atoms with Crippen molar-refractivity contribution in [2.24, 2.45) is 5.92 Å². The summed E-state index contributed by atoms with van der Waals surface area (Å²) in [6.07, 6.45) is 1.22. The smallest absolute Gasteiger partial charge is 0.0233 e. The molecule has 1 saturated heterocycles. The fraction of sp³-hybridized carbons (Fsp3) is 0.538. The maximum absolute atomic E-state index is 4.60. The molecule has 0 aromatic heterocycles. The molecule has 2 heteroatoms. The predicted octanol–water partition coefficient (Wildman–Crippen LogP) is 2.83. The van der Waals surface area contributed by atoms with E-state index in [-0.39, 0.29) is 0 Å². The number of rotatable bonds is 2. The zero-order valence-electron chi connectivity index (χ0n) is 9.26. The van der Waals surface area contributed by atoms with Crippen LogP contribution >= 0.6 is 12.6 Å². The second-order valence-electron chi connectivity index (χ2n) is 4.55. The zero-order chi connectivity index (χ0) is 10.7. The Kier molecular flexibility index (Phi) is 3.71. The summed E-state index contributed by atoms with van der Waals surface area (Å²) >= 11 is 4.60. The van der Waals surface area contributed by atoms with E-state index in [9.17, 15) is 0 Å². The first-order valence-corrected chi connectivity index (χ1v) is 6.21. The normalized spacial score (nSPS) is 27.9. The highest BCUT2D eigenvalue weighted by atomic mass is 32.1. The second kappa shape index (κ2) is 5.04. The highest BCUT2D eigenvalue weighted by molar-refractivity contribution is 7.81. The van der Waals surface area contributed by atoms with E-state index in [0.29, 0.717) is 11.2 Å². The van der Waals surface area contributed by atoms with Gasteiger partial charge in [-0.05, 0) is 24.4 Å². The Balaban J connectivity index is 1.91. The summed E-state index contributed by atoms with van der Waals surface area (Å²) in [5, 5.41) is 0.594. The lowest BCUT2D eigenvalue weighted by molar-refractivity contribution is 0.182. The fourth-order valence-electron chi connectivity index (χ4n) is 2.20. The average Bonchev–Trinajstić information content (AvgIpc) is 2.25. The monoisotopic (exact) mass is 221 g/mol. The molecule has 1 fully saturated rings. The third-order valence-electron chi connectivity index (χ3n) is 3.19. The molecule has 0 N–H and O–H groups in total. The van der Waals surface area contributed by atoms with Crippen LogP contribution in [0.5, 0.6) is 0 Å². The minimum Gasteiger partial charge on any atom is -0.299 e. The summed E-state index contributed by atoms with van der Waals surface area (Å²) in [6.45, 7) is 5.76. The number of nitrogens with zero attached hydrogens (tertiary/aromatic N) is 1. The molecule has 0 saturated carbocycles. The Bertz CT molecular complexity index is 299. The van der Waals surface area contributed by atoms with Crippen LogP contribution in [-0.4, -0.2) is 23.2 Å². The summed E-state index contributed by atoms with van der Waals surface area (Å²) in [7, 11) is 0. The number of hydrogen-bond donors (Lipinski definition) is 1. The van der Waals surface area contributed by atoms with Crippen molar-refractivity contribution >= 4 is 12.6 Å². The van der Waals surface area contributed by atoms with Crippen molar-refractivity contribution in [3.8, 4) is 0 Å². The first-order valence-electron chi connectivity index (χ1n) is 5.70. The fourth-order valence-corrected chi connectivity index (χ4v) is 2.41. The molecule has 1 heterocycles. The molecule has 0 amide bonds. The number of piperidine rings is 1. The van der Waals surface area contributed by atoms with Gasteiger partial charge in [-0.15, -0.1) is 0 Å². The largest absolute Gasteiger partial charge is 0.299 e. The quantitative estimate of drug-likeness (QED) is 0.752. The molecule has 2 atom stereocenters. The van der Waals surface area contributed by atoms with Gasteiger partial charge in [0, 0.05) is 18.3 Å². The van der Waals surface area contributed by atoms with Crippen LogP contribution in [0.15, 0.2) is 30.3 Å². The SMILES string of the molecule is C[C@H]1CN(Cc2ccccc2)CC[C@@H]1S. The summed E-state index contributed by atoms with van der Waals surface area (Å²) in [5.74, 6) is 0.714. The van der Waals surface area contributed by atoms with Crippen LogP contribution in [0, 0.1) is 5.92 Å². The van der Waals surface area contributed by atoms with Gasteiger partial charge >= 0.3 is 0 Å². The Morgan fingerprint density at radius 3 is 2.73 bits per heavy atom. The van der Waals surface area contributed by atoms with Gasteiger partial charge in [0.15, 0.2) is 0 Å².